The van der Waals surface area contributed by atoms with Crippen LogP contribution in [0.1, 0.15) is 34.9 Å². The fourth-order valence-corrected chi connectivity index (χ4v) is 3.37. The summed E-state index contributed by atoms with van der Waals surface area (Å²) in [5, 5.41) is 16.7. The molecular weight excluding hydrogens is 334 g/mol. The molecule has 1 aliphatic carbocycles. The monoisotopic (exact) mass is 353 g/mol. The highest BCUT2D eigenvalue weighted by atomic mass is 16.3. The molecule has 3 N–H and O–H groups in total. The Labute approximate surface area is 148 Å². The van der Waals surface area contributed by atoms with Crippen LogP contribution in [0, 0.1) is 5.92 Å². The van der Waals surface area contributed by atoms with Crippen LogP contribution in [0.3, 0.4) is 0 Å². The van der Waals surface area contributed by atoms with Gasteiger partial charge in [-0.3, -0.25) is 14.3 Å². The quantitative estimate of drug-likeness (QED) is 0.645. The highest BCUT2D eigenvalue weighted by Gasteiger charge is 2.36. The van der Waals surface area contributed by atoms with Gasteiger partial charge >= 0.3 is 0 Å². The number of aromatic amines is 1. The number of nitrogens with one attached hydrogen (secondary N) is 2. The minimum absolute atomic E-state index is 0.0951. The summed E-state index contributed by atoms with van der Waals surface area (Å²) in [6, 6.07) is 6.74. The highest BCUT2D eigenvalue weighted by Crippen LogP contribution is 2.38. The third-order valence-electron chi connectivity index (χ3n) is 4.81. The Morgan fingerprint density at radius 1 is 1.38 bits per heavy atom. The SMILES string of the molecule is Cn1cc([C@H](NC(=O)c2nc3ccccc3[nH]c2=O)C2CC(O)C2)cn1. The van der Waals surface area contributed by atoms with Crippen molar-refractivity contribution in [2.75, 3.05) is 0 Å². The molecule has 0 radical (unpaired) electrons. The van der Waals surface area contributed by atoms with E-state index in [1.165, 1.54) is 0 Å². The lowest BCUT2D eigenvalue weighted by atomic mass is 9.75. The zero-order valence-corrected chi connectivity index (χ0v) is 14.2. The predicted octanol–water partition coefficient (Wildman–Crippen LogP) is 0.899. The maximum absolute atomic E-state index is 12.7. The third kappa shape index (κ3) is 2.99. The number of para-hydroxylation sites is 2. The van der Waals surface area contributed by atoms with Crippen molar-refractivity contribution in [3.8, 4) is 0 Å². The average Bonchev–Trinajstić information content (AvgIpc) is 3.02. The summed E-state index contributed by atoms with van der Waals surface area (Å²) in [5.74, 6) is -0.440. The van der Waals surface area contributed by atoms with Crippen LogP contribution in [0.4, 0.5) is 0 Å². The van der Waals surface area contributed by atoms with Gasteiger partial charge in [0.2, 0.25) is 0 Å². The maximum atomic E-state index is 12.7. The van der Waals surface area contributed by atoms with E-state index in [0.717, 1.165) is 5.56 Å². The number of rotatable bonds is 4. The fraction of sp³-hybridized carbons (Fsp3) is 0.333. The molecule has 8 nitrogen and oxygen atoms in total. The second-order valence-electron chi connectivity index (χ2n) is 6.72. The van der Waals surface area contributed by atoms with Gasteiger partial charge in [-0.2, -0.15) is 5.10 Å². The van der Waals surface area contributed by atoms with Crippen molar-refractivity contribution < 1.29 is 9.90 Å². The molecule has 0 unspecified atom stereocenters. The molecule has 8 heteroatoms. The number of carbonyl (C=O) groups excluding carboxylic acids is 1. The van der Waals surface area contributed by atoms with Crippen LogP contribution in [-0.4, -0.2) is 36.9 Å². The van der Waals surface area contributed by atoms with Crippen molar-refractivity contribution in [1.82, 2.24) is 25.1 Å². The summed E-state index contributed by atoms with van der Waals surface area (Å²) in [6.07, 6.45) is 4.36. The van der Waals surface area contributed by atoms with E-state index in [0.29, 0.717) is 23.9 Å². The van der Waals surface area contributed by atoms with Gasteiger partial charge in [0, 0.05) is 18.8 Å². The molecule has 2 aromatic heterocycles. The fourth-order valence-electron chi connectivity index (χ4n) is 3.37. The van der Waals surface area contributed by atoms with E-state index in [1.54, 1.807) is 42.2 Å². The third-order valence-corrected chi connectivity index (χ3v) is 4.81. The first kappa shape index (κ1) is 16.5. The second kappa shape index (κ2) is 6.38. The Morgan fingerprint density at radius 2 is 2.15 bits per heavy atom. The summed E-state index contributed by atoms with van der Waals surface area (Å²) in [7, 11) is 1.80. The first-order chi connectivity index (χ1) is 12.5. The van der Waals surface area contributed by atoms with Gasteiger partial charge < -0.3 is 15.4 Å². The van der Waals surface area contributed by atoms with Crippen molar-refractivity contribution in [1.29, 1.82) is 0 Å². The largest absolute Gasteiger partial charge is 0.393 e. The average molecular weight is 353 g/mol. The van der Waals surface area contributed by atoms with Crippen LogP contribution >= 0.6 is 0 Å². The zero-order valence-electron chi connectivity index (χ0n) is 14.2. The number of fused-ring (bicyclic) bond motifs is 1. The van der Waals surface area contributed by atoms with Gasteiger partial charge in [-0.1, -0.05) is 12.1 Å². The Morgan fingerprint density at radius 3 is 2.85 bits per heavy atom. The molecule has 1 aromatic carbocycles. The summed E-state index contributed by atoms with van der Waals surface area (Å²) in [6.45, 7) is 0. The first-order valence-electron chi connectivity index (χ1n) is 8.48. The van der Waals surface area contributed by atoms with E-state index >= 15 is 0 Å². The Kier molecular flexibility index (Phi) is 4.04. The number of nitrogens with zero attached hydrogens (tertiary/aromatic N) is 3. The molecule has 0 saturated heterocycles. The number of amides is 1. The lowest BCUT2D eigenvalue weighted by Gasteiger charge is -2.37. The Hall–Kier alpha value is -3.00. The van der Waals surface area contributed by atoms with Crippen LogP contribution in [0.15, 0.2) is 41.5 Å². The van der Waals surface area contributed by atoms with Gasteiger partial charge in [0.05, 0.1) is 29.4 Å². The summed E-state index contributed by atoms with van der Waals surface area (Å²) in [5.41, 5.74) is 1.28. The predicted molar refractivity (Wildman–Crippen MR) is 94.5 cm³/mol. The maximum Gasteiger partial charge on any atom is 0.280 e. The van der Waals surface area contributed by atoms with Crippen molar-refractivity contribution in [3.63, 3.8) is 0 Å². The lowest BCUT2D eigenvalue weighted by Crippen LogP contribution is -2.42. The number of aliphatic hydroxyl groups is 1. The van der Waals surface area contributed by atoms with E-state index in [1.807, 2.05) is 6.20 Å². The van der Waals surface area contributed by atoms with Crippen molar-refractivity contribution in [2.45, 2.75) is 25.0 Å². The topological polar surface area (TPSA) is 113 Å². The summed E-state index contributed by atoms with van der Waals surface area (Å²) >= 11 is 0. The number of hydrogen-bond acceptors (Lipinski definition) is 5. The van der Waals surface area contributed by atoms with E-state index in [4.69, 9.17) is 0 Å². The minimum Gasteiger partial charge on any atom is -0.393 e. The van der Waals surface area contributed by atoms with Gasteiger partial charge in [0.15, 0.2) is 5.69 Å². The number of H-pyrrole nitrogens is 1. The molecule has 0 aliphatic heterocycles. The molecule has 3 aromatic rings. The van der Waals surface area contributed by atoms with Crippen molar-refractivity contribution in [2.24, 2.45) is 13.0 Å². The van der Waals surface area contributed by atoms with Gasteiger partial charge in [-0.05, 0) is 30.9 Å². The van der Waals surface area contributed by atoms with Crippen LogP contribution < -0.4 is 10.9 Å². The molecule has 0 bridgehead atoms. The Bertz CT molecular complexity index is 1020. The smallest absolute Gasteiger partial charge is 0.280 e. The number of carbonyl (C=O) groups is 1. The Balaban J connectivity index is 1.64. The number of aliphatic hydroxyl groups excluding tert-OH is 1. The molecular formula is C18H19N5O3. The molecule has 26 heavy (non-hydrogen) atoms. The van der Waals surface area contributed by atoms with Crippen LogP contribution in [-0.2, 0) is 7.05 Å². The molecule has 1 aliphatic rings. The van der Waals surface area contributed by atoms with Crippen LogP contribution in [0.5, 0.6) is 0 Å². The highest BCUT2D eigenvalue weighted by molar-refractivity contribution is 5.94. The number of aryl methyl sites for hydroxylation is 1. The molecule has 0 spiro atoms. The normalized spacial score (nSPS) is 20.5. The van der Waals surface area contributed by atoms with Gasteiger partial charge in [-0.15, -0.1) is 0 Å². The molecule has 1 fully saturated rings. The molecule has 4 rings (SSSR count). The number of aromatic nitrogens is 4. The van der Waals surface area contributed by atoms with Crippen LogP contribution in [0.2, 0.25) is 0 Å². The van der Waals surface area contributed by atoms with Gasteiger partial charge in [-0.25, -0.2) is 4.98 Å². The van der Waals surface area contributed by atoms with E-state index in [-0.39, 0.29) is 23.8 Å². The number of benzene rings is 1. The molecule has 1 saturated carbocycles. The number of hydrogen-bond donors (Lipinski definition) is 3. The zero-order chi connectivity index (χ0) is 18.3. The summed E-state index contributed by atoms with van der Waals surface area (Å²) < 4.78 is 1.66. The van der Waals surface area contributed by atoms with Crippen molar-refractivity contribution >= 4 is 16.9 Å². The van der Waals surface area contributed by atoms with Crippen LogP contribution in [0.25, 0.3) is 11.0 Å². The van der Waals surface area contributed by atoms with Gasteiger partial charge in [0.25, 0.3) is 11.5 Å². The lowest BCUT2D eigenvalue weighted by molar-refractivity contribution is 0.0234. The van der Waals surface area contributed by atoms with E-state index in [2.05, 4.69) is 20.4 Å². The minimum atomic E-state index is -0.535. The second-order valence-corrected chi connectivity index (χ2v) is 6.72. The molecule has 2 heterocycles. The van der Waals surface area contributed by atoms with Gasteiger partial charge in [0.1, 0.15) is 0 Å². The summed E-state index contributed by atoms with van der Waals surface area (Å²) in [4.78, 5) is 31.9. The molecule has 1 atom stereocenters. The molecule has 134 valence electrons. The standard InChI is InChI=1S/C18H19N5O3/c1-23-9-11(8-19-23)15(10-6-12(24)7-10)22-18(26)16-17(25)21-14-5-3-2-4-13(14)20-16/h2-5,8-10,12,15,24H,6-7H2,1H3,(H,21,25)(H,22,26)/t10?,12?,15-/m1/s1. The first-order valence-corrected chi connectivity index (χ1v) is 8.48. The molecule has 1 amide bonds. The van der Waals surface area contributed by atoms with E-state index < -0.39 is 11.5 Å². The van der Waals surface area contributed by atoms with Crippen molar-refractivity contribution in [3.05, 3.63) is 58.3 Å². The van der Waals surface area contributed by atoms with E-state index in [9.17, 15) is 14.7 Å².